The summed E-state index contributed by atoms with van der Waals surface area (Å²) in [5.74, 6) is 0. The fraction of sp³-hybridized carbons (Fsp3) is 0. The van der Waals surface area contributed by atoms with Crippen molar-refractivity contribution in [3.8, 4) is 22.3 Å². The summed E-state index contributed by atoms with van der Waals surface area (Å²) in [6, 6.07) is 67.6. The molecule has 0 unspecified atom stereocenters. The number of anilines is 3. The third kappa shape index (κ3) is 4.73. The van der Waals surface area contributed by atoms with Crippen LogP contribution in [0.2, 0.25) is 0 Å². The van der Waals surface area contributed by atoms with Crippen LogP contribution >= 0.6 is 0 Å². The van der Waals surface area contributed by atoms with E-state index >= 15 is 0 Å². The second-order valence-corrected chi connectivity index (χ2v) is 13.0. The molecule has 0 aliphatic heterocycles. The van der Waals surface area contributed by atoms with E-state index in [-0.39, 0.29) is 0 Å². The summed E-state index contributed by atoms with van der Waals surface area (Å²) in [5, 5.41) is 9.78. The van der Waals surface area contributed by atoms with Crippen molar-refractivity contribution in [2.24, 2.45) is 0 Å². The van der Waals surface area contributed by atoms with Gasteiger partial charge in [-0.25, -0.2) is 0 Å². The fourth-order valence-electron chi connectivity index (χ4n) is 7.55. The molecule has 0 radical (unpaired) electrons. The maximum absolute atomic E-state index is 6.21. The smallest absolute Gasteiger partial charge is 0.136 e. The van der Waals surface area contributed by atoms with Gasteiger partial charge in [0, 0.05) is 27.8 Å². The maximum Gasteiger partial charge on any atom is 0.136 e. The minimum atomic E-state index is 0.907. The molecule has 0 saturated heterocycles. The molecule has 1 aromatic heterocycles. The molecule has 0 aliphatic carbocycles. The van der Waals surface area contributed by atoms with Crippen LogP contribution in [0.25, 0.3) is 76.5 Å². The first-order valence-electron chi connectivity index (χ1n) is 17.1. The monoisotopic (exact) mass is 637 g/mol. The van der Waals surface area contributed by atoms with Crippen LogP contribution < -0.4 is 4.90 Å². The highest BCUT2D eigenvalue weighted by molar-refractivity contribution is 6.09. The van der Waals surface area contributed by atoms with Gasteiger partial charge in [-0.3, -0.25) is 0 Å². The van der Waals surface area contributed by atoms with E-state index < -0.39 is 0 Å². The van der Waals surface area contributed by atoms with Gasteiger partial charge in [0.15, 0.2) is 0 Å². The molecule has 0 saturated carbocycles. The molecule has 10 rings (SSSR count). The summed E-state index contributed by atoms with van der Waals surface area (Å²) in [6.07, 6.45) is 0. The first-order valence-corrected chi connectivity index (χ1v) is 17.1. The Kier molecular flexibility index (Phi) is 6.53. The van der Waals surface area contributed by atoms with Crippen molar-refractivity contribution < 1.29 is 4.42 Å². The number of furan rings is 1. The van der Waals surface area contributed by atoms with Crippen LogP contribution in [0.3, 0.4) is 0 Å². The van der Waals surface area contributed by atoms with Crippen LogP contribution in [0.4, 0.5) is 17.1 Å². The molecular formula is C48H31NO. The topological polar surface area (TPSA) is 16.4 Å². The number of rotatable bonds is 5. The molecule has 0 fully saturated rings. The Morgan fingerprint density at radius 3 is 1.62 bits per heavy atom. The first-order chi connectivity index (χ1) is 24.8. The Hall–Kier alpha value is -6.64. The van der Waals surface area contributed by atoms with E-state index in [0.29, 0.717) is 0 Å². The van der Waals surface area contributed by atoms with Gasteiger partial charge in [-0.15, -0.1) is 0 Å². The Balaban J connectivity index is 1.09. The van der Waals surface area contributed by atoms with Crippen LogP contribution in [0, 0.1) is 0 Å². The summed E-state index contributed by atoms with van der Waals surface area (Å²) < 4.78 is 6.21. The van der Waals surface area contributed by atoms with Gasteiger partial charge in [-0.2, -0.15) is 0 Å². The summed E-state index contributed by atoms with van der Waals surface area (Å²) >= 11 is 0. The van der Waals surface area contributed by atoms with E-state index in [0.717, 1.165) is 50.1 Å². The van der Waals surface area contributed by atoms with Crippen molar-refractivity contribution in [3.05, 3.63) is 188 Å². The predicted octanol–water partition coefficient (Wildman–Crippen LogP) is 13.8. The van der Waals surface area contributed by atoms with Gasteiger partial charge >= 0.3 is 0 Å². The highest BCUT2D eigenvalue weighted by Crippen LogP contribution is 2.40. The molecule has 0 amide bonds. The van der Waals surface area contributed by atoms with E-state index in [2.05, 4.69) is 181 Å². The lowest BCUT2D eigenvalue weighted by Gasteiger charge is -2.26. The fourth-order valence-corrected chi connectivity index (χ4v) is 7.55. The second kappa shape index (κ2) is 11.5. The molecule has 10 aromatic rings. The average molecular weight is 638 g/mol. The normalized spacial score (nSPS) is 11.6. The number of fused-ring (bicyclic) bond motifs is 7. The third-order valence-electron chi connectivity index (χ3n) is 10.1. The van der Waals surface area contributed by atoms with E-state index in [1.807, 2.05) is 12.1 Å². The third-order valence-corrected chi connectivity index (χ3v) is 10.1. The van der Waals surface area contributed by atoms with E-state index in [9.17, 15) is 0 Å². The Morgan fingerprint density at radius 2 is 0.840 bits per heavy atom. The SMILES string of the molecule is c1ccc2c(-c3ccc(N(c4ccc(-c5ccc6c(c5)oc5ccccc56)cc4)c4ccc5ccc6ccccc6c5c4)cc3)cccc2c1. The van der Waals surface area contributed by atoms with Crippen molar-refractivity contribution in [2.75, 3.05) is 4.90 Å². The van der Waals surface area contributed by atoms with Crippen molar-refractivity contribution in [3.63, 3.8) is 0 Å². The number of para-hydroxylation sites is 1. The number of hydrogen-bond donors (Lipinski definition) is 0. The molecule has 1 heterocycles. The number of benzene rings is 9. The van der Waals surface area contributed by atoms with Crippen LogP contribution in [0.1, 0.15) is 0 Å². The minimum absolute atomic E-state index is 0.907. The molecule has 50 heavy (non-hydrogen) atoms. The molecular weight excluding hydrogens is 607 g/mol. The van der Waals surface area contributed by atoms with Gasteiger partial charge < -0.3 is 9.32 Å². The second-order valence-electron chi connectivity index (χ2n) is 13.0. The molecule has 0 spiro atoms. The molecule has 0 atom stereocenters. The molecule has 2 heteroatoms. The molecule has 0 N–H and O–H groups in total. The number of nitrogens with zero attached hydrogens (tertiary/aromatic N) is 1. The van der Waals surface area contributed by atoms with Crippen molar-refractivity contribution in [2.45, 2.75) is 0 Å². The van der Waals surface area contributed by atoms with Gasteiger partial charge in [0.05, 0.1) is 0 Å². The van der Waals surface area contributed by atoms with Crippen molar-refractivity contribution in [1.82, 2.24) is 0 Å². The van der Waals surface area contributed by atoms with E-state index in [1.54, 1.807) is 0 Å². The van der Waals surface area contributed by atoms with Crippen molar-refractivity contribution >= 4 is 71.3 Å². The maximum atomic E-state index is 6.21. The molecule has 234 valence electrons. The molecule has 2 nitrogen and oxygen atoms in total. The molecule has 9 aromatic carbocycles. The summed E-state index contributed by atoms with van der Waals surface area (Å²) in [4.78, 5) is 2.36. The number of hydrogen-bond acceptors (Lipinski definition) is 2. The lowest BCUT2D eigenvalue weighted by Crippen LogP contribution is -2.09. The van der Waals surface area contributed by atoms with E-state index in [1.165, 1.54) is 43.4 Å². The Bertz CT molecular complexity index is 2860. The lowest BCUT2D eigenvalue weighted by molar-refractivity contribution is 0.669. The Morgan fingerprint density at radius 1 is 0.300 bits per heavy atom. The summed E-state index contributed by atoms with van der Waals surface area (Å²) in [5.41, 5.74) is 9.85. The zero-order valence-corrected chi connectivity index (χ0v) is 27.3. The minimum Gasteiger partial charge on any atom is -0.456 e. The summed E-state index contributed by atoms with van der Waals surface area (Å²) in [7, 11) is 0. The Labute approximate surface area is 290 Å². The molecule has 0 aliphatic rings. The van der Waals surface area contributed by atoms with Gasteiger partial charge in [0.25, 0.3) is 0 Å². The largest absolute Gasteiger partial charge is 0.456 e. The van der Waals surface area contributed by atoms with Crippen LogP contribution in [0.15, 0.2) is 192 Å². The highest BCUT2D eigenvalue weighted by Gasteiger charge is 2.16. The quantitative estimate of drug-likeness (QED) is 0.175. The van der Waals surface area contributed by atoms with Crippen LogP contribution in [0.5, 0.6) is 0 Å². The average Bonchev–Trinajstić information content (AvgIpc) is 3.56. The predicted molar refractivity (Wildman–Crippen MR) is 212 cm³/mol. The zero-order chi connectivity index (χ0) is 33.0. The standard InChI is InChI=1S/C48H31NO/c1-3-11-41-33(8-1)10-7-14-42(41)35-20-26-39(27-21-35)49(40-28-22-36-17-16-34-9-2-4-12-43(34)46(36)31-40)38-24-18-32(19-25-38)37-23-29-45-44-13-5-6-15-47(44)50-48(45)30-37/h1-31H. The highest BCUT2D eigenvalue weighted by atomic mass is 16.3. The van der Waals surface area contributed by atoms with Crippen LogP contribution in [-0.2, 0) is 0 Å². The van der Waals surface area contributed by atoms with Gasteiger partial charge in [0.2, 0.25) is 0 Å². The lowest BCUT2D eigenvalue weighted by atomic mass is 9.97. The van der Waals surface area contributed by atoms with Gasteiger partial charge in [0.1, 0.15) is 11.2 Å². The van der Waals surface area contributed by atoms with Gasteiger partial charge in [-0.1, -0.05) is 133 Å². The molecule has 0 bridgehead atoms. The summed E-state index contributed by atoms with van der Waals surface area (Å²) in [6.45, 7) is 0. The van der Waals surface area contributed by atoms with Crippen molar-refractivity contribution in [1.29, 1.82) is 0 Å². The van der Waals surface area contributed by atoms with E-state index in [4.69, 9.17) is 4.42 Å². The first kappa shape index (κ1) is 28.4. The zero-order valence-electron chi connectivity index (χ0n) is 27.3. The van der Waals surface area contributed by atoms with Crippen LogP contribution in [-0.4, -0.2) is 0 Å². The van der Waals surface area contributed by atoms with Gasteiger partial charge in [-0.05, 0) is 109 Å².